The second kappa shape index (κ2) is 3.01. The molecule has 0 atom stereocenters. The number of nitrogens with zero attached hydrogens (tertiary/aromatic N) is 3. The Balaban J connectivity index is 2.67. The molecule has 0 bridgehead atoms. The molecule has 1 heterocycles. The first-order valence-electron chi connectivity index (χ1n) is 4.72. The number of anilines is 1. The molecule has 1 aromatic heterocycles. The second-order valence-corrected chi connectivity index (χ2v) is 3.86. The van der Waals surface area contributed by atoms with Gasteiger partial charge in [0, 0.05) is 19.8 Å². The third-order valence-corrected chi connectivity index (χ3v) is 2.68. The maximum absolute atomic E-state index is 2.20. The van der Waals surface area contributed by atoms with Crippen LogP contribution in [-0.4, -0.2) is 18.8 Å². The molecule has 2 rings (SSSR count). The Morgan fingerprint density at radius 1 is 1.29 bits per heavy atom. The van der Waals surface area contributed by atoms with Gasteiger partial charge in [-0.15, -0.1) is 4.68 Å². The van der Waals surface area contributed by atoms with E-state index in [1.807, 2.05) is 0 Å². The Morgan fingerprint density at radius 2 is 2.00 bits per heavy atom. The highest BCUT2D eigenvalue weighted by Crippen LogP contribution is 2.19. The van der Waals surface area contributed by atoms with Gasteiger partial charge in [-0.1, -0.05) is 0 Å². The number of hydrogen-bond acceptors (Lipinski definition) is 1. The van der Waals surface area contributed by atoms with Gasteiger partial charge >= 0.3 is 0 Å². The molecule has 0 unspecified atom stereocenters. The van der Waals surface area contributed by atoms with Crippen molar-refractivity contribution in [3.05, 3.63) is 24.4 Å². The maximum atomic E-state index is 2.20. The van der Waals surface area contributed by atoms with E-state index in [9.17, 15) is 0 Å². The lowest BCUT2D eigenvalue weighted by atomic mass is 10.2. The number of rotatable bonds is 1. The Bertz CT molecular complexity index is 469. The van der Waals surface area contributed by atoms with Gasteiger partial charge in [0.2, 0.25) is 6.20 Å². The van der Waals surface area contributed by atoms with Gasteiger partial charge in [-0.3, -0.25) is 0 Å². The number of aromatic nitrogens is 2. The van der Waals surface area contributed by atoms with Crippen LogP contribution in [0.1, 0.15) is 0 Å². The van der Waals surface area contributed by atoms with Crippen molar-refractivity contribution >= 4 is 16.6 Å². The Morgan fingerprint density at radius 3 is 2.64 bits per heavy atom. The van der Waals surface area contributed by atoms with E-state index >= 15 is 0 Å². The fraction of sp³-hybridized carbons (Fsp3) is 0.364. The highest BCUT2D eigenvalue weighted by Gasteiger charge is 2.08. The predicted octanol–water partition coefficient (Wildman–Crippen LogP) is 1.07. The molecule has 3 heteroatoms. The van der Waals surface area contributed by atoms with Gasteiger partial charge in [-0.25, -0.2) is 0 Å². The molecule has 0 N–H and O–H groups in total. The van der Waals surface area contributed by atoms with E-state index in [4.69, 9.17) is 0 Å². The highest BCUT2D eigenvalue weighted by molar-refractivity contribution is 5.81. The summed E-state index contributed by atoms with van der Waals surface area (Å²) < 4.78 is 4.22. The monoisotopic (exact) mass is 190 g/mol. The summed E-state index contributed by atoms with van der Waals surface area (Å²) in [5.74, 6) is 0. The van der Waals surface area contributed by atoms with Crippen molar-refractivity contribution in [2.75, 3.05) is 19.0 Å². The van der Waals surface area contributed by atoms with Crippen LogP contribution in [0.2, 0.25) is 0 Å². The molecule has 2 aromatic rings. The molecule has 0 fully saturated rings. The zero-order valence-corrected chi connectivity index (χ0v) is 9.15. The van der Waals surface area contributed by atoms with E-state index in [0.717, 1.165) is 0 Å². The van der Waals surface area contributed by atoms with E-state index in [2.05, 4.69) is 66.9 Å². The molecule has 0 saturated heterocycles. The Hall–Kier alpha value is -1.51. The van der Waals surface area contributed by atoms with Crippen LogP contribution in [0.5, 0.6) is 0 Å². The lowest BCUT2D eigenvalue weighted by Gasteiger charge is -2.11. The molecule has 0 aliphatic carbocycles. The number of hydrogen-bond donors (Lipinski definition) is 0. The Kier molecular flexibility index (Phi) is 1.95. The summed E-state index contributed by atoms with van der Waals surface area (Å²) in [6.45, 7) is 0. The third kappa shape index (κ3) is 1.25. The topological polar surface area (TPSA) is 12.1 Å². The largest absolute Gasteiger partial charge is 0.378 e. The summed E-state index contributed by atoms with van der Waals surface area (Å²) in [5.41, 5.74) is 2.50. The Labute approximate surface area is 84.1 Å². The van der Waals surface area contributed by atoms with Crippen LogP contribution in [0.4, 0.5) is 5.69 Å². The van der Waals surface area contributed by atoms with Crippen LogP contribution in [-0.2, 0) is 14.1 Å². The highest BCUT2D eigenvalue weighted by atomic mass is 15.4. The third-order valence-electron chi connectivity index (χ3n) is 2.68. The molecule has 0 radical (unpaired) electrons. The SMILES string of the molecule is CN(C)c1ccc2c(c1)c[n+](C)n2C. The molecular formula is C11H16N3+. The first-order chi connectivity index (χ1) is 6.59. The van der Waals surface area contributed by atoms with Crippen molar-refractivity contribution in [3.63, 3.8) is 0 Å². The van der Waals surface area contributed by atoms with E-state index in [1.54, 1.807) is 0 Å². The van der Waals surface area contributed by atoms with E-state index in [1.165, 1.54) is 16.6 Å². The van der Waals surface area contributed by atoms with Crippen LogP contribution in [0.15, 0.2) is 24.4 Å². The van der Waals surface area contributed by atoms with Crippen LogP contribution >= 0.6 is 0 Å². The zero-order chi connectivity index (χ0) is 10.3. The van der Waals surface area contributed by atoms with Gasteiger partial charge in [-0.05, 0) is 18.2 Å². The van der Waals surface area contributed by atoms with Crippen LogP contribution in [0.25, 0.3) is 10.9 Å². The molecular weight excluding hydrogens is 174 g/mol. The standard InChI is InChI=1S/C11H16N3/c1-12(2)10-5-6-11-9(7-10)8-13(3)14(11)4/h5-8H,1-4H3/q+1. The molecule has 3 nitrogen and oxygen atoms in total. The molecule has 0 aliphatic rings. The molecule has 1 aromatic carbocycles. The van der Waals surface area contributed by atoms with Crippen molar-refractivity contribution in [1.29, 1.82) is 0 Å². The lowest BCUT2D eigenvalue weighted by molar-refractivity contribution is -0.748. The van der Waals surface area contributed by atoms with Gasteiger partial charge in [-0.2, -0.15) is 4.68 Å². The maximum Gasteiger partial charge on any atom is 0.203 e. The van der Waals surface area contributed by atoms with Gasteiger partial charge in [0.25, 0.3) is 0 Å². The number of benzene rings is 1. The predicted molar refractivity (Wildman–Crippen MR) is 58.4 cm³/mol. The summed E-state index contributed by atoms with van der Waals surface area (Å²) >= 11 is 0. The van der Waals surface area contributed by atoms with Crippen LogP contribution in [0.3, 0.4) is 0 Å². The molecule has 0 amide bonds. The molecule has 0 saturated carbocycles. The van der Waals surface area contributed by atoms with Crippen LogP contribution in [0, 0.1) is 0 Å². The van der Waals surface area contributed by atoms with Crippen molar-refractivity contribution in [1.82, 2.24) is 4.68 Å². The summed E-state index contributed by atoms with van der Waals surface area (Å²) in [4.78, 5) is 2.12. The van der Waals surface area contributed by atoms with Gasteiger partial charge in [0.15, 0.2) is 7.05 Å². The average molecular weight is 190 g/mol. The van der Waals surface area contributed by atoms with Gasteiger partial charge in [0.05, 0.1) is 12.4 Å². The average Bonchev–Trinajstić information content (AvgIpc) is 2.42. The normalized spacial score (nSPS) is 10.9. The van der Waals surface area contributed by atoms with E-state index in [0.29, 0.717) is 0 Å². The lowest BCUT2D eigenvalue weighted by Crippen LogP contribution is -2.35. The number of fused-ring (bicyclic) bond motifs is 1. The summed E-state index contributed by atoms with van der Waals surface area (Å²) in [6, 6.07) is 6.50. The van der Waals surface area contributed by atoms with Crippen LogP contribution < -0.4 is 9.58 Å². The molecule has 0 aliphatic heterocycles. The minimum atomic E-state index is 1.24. The smallest absolute Gasteiger partial charge is 0.203 e. The summed E-state index contributed by atoms with van der Waals surface area (Å²) in [7, 11) is 8.24. The fourth-order valence-corrected chi connectivity index (χ4v) is 1.68. The molecule has 74 valence electrons. The number of aryl methyl sites for hydroxylation is 2. The van der Waals surface area contributed by atoms with Crippen molar-refractivity contribution in [3.8, 4) is 0 Å². The summed E-state index contributed by atoms with van der Waals surface area (Å²) in [5, 5.41) is 1.28. The molecule has 14 heavy (non-hydrogen) atoms. The van der Waals surface area contributed by atoms with Crippen molar-refractivity contribution < 1.29 is 4.68 Å². The van der Waals surface area contributed by atoms with Gasteiger partial charge < -0.3 is 4.90 Å². The van der Waals surface area contributed by atoms with E-state index < -0.39 is 0 Å². The molecule has 0 spiro atoms. The second-order valence-electron chi connectivity index (χ2n) is 3.86. The van der Waals surface area contributed by atoms with Crippen molar-refractivity contribution in [2.24, 2.45) is 14.1 Å². The quantitative estimate of drug-likeness (QED) is 0.613. The zero-order valence-electron chi connectivity index (χ0n) is 9.15. The summed E-state index contributed by atoms with van der Waals surface area (Å²) in [6.07, 6.45) is 2.14. The first-order valence-corrected chi connectivity index (χ1v) is 4.72. The minimum Gasteiger partial charge on any atom is -0.378 e. The first kappa shape index (κ1) is 9.06. The minimum absolute atomic E-state index is 1.24. The van der Waals surface area contributed by atoms with Crippen molar-refractivity contribution in [2.45, 2.75) is 0 Å². The van der Waals surface area contributed by atoms with Gasteiger partial charge in [0.1, 0.15) is 5.52 Å². The van der Waals surface area contributed by atoms with E-state index in [-0.39, 0.29) is 0 Å². The fourth-order valence-electron chi connectivity index (χ4n) is 1.68.